The van der Waals surface area contributed by atoms with Crippen molar-refractivity contribution in [1.29, 1.82) is 0 Å². The van der Waals surface area contributed by atoms with Gasteiger partial charge in [-0.15, -0.1) is 0 Å². The zero-order chi connectivity index (χ0) is 30.6. The molecule has 0 unspecified atom stereocenters. The molecule has 2 heterocycles. The first kappa shape index (κ1) is 29.3. The molecule has 1 aliphatic rings. The number of benzene rings is 3. The van der Waals surface area contributed by atoms with E-state index in [4.69, 9.17) is 14.2 Å². The summed E-state index contributed by atoms with van der Waals surface area (Å²) < 4.78 is 34.5. The van der Waals surface area contributed by atoms with E-state index in [1.54, 1.807) is 85.8 Å². The Labute approximate surface area is 246 Å². The molecule has 0 saturated carbocycles. The van der Waals surface area contributed by atoms with E-state index in [0.29, 0.717) is 11.1 Å². The Morgan fingerprint density at radius 2 is 1.44 bits per heavy atom. The van der Waals surface area contributed by atoms with E-state index >= 15 is 4.39 Å². The molecule has 1 N–H and O–H groups in total. The normalized spacial score (nSPS) is 21.1. The first-order chi connectivity index (χ1) is 20.6. The van der Waals surface area contributed by atoms with Gasteiger partial charge in [0.1, 0.15) is 18.5 Å². The van der Waals surface area contributed by atoms with Crippen LogP contribution in [0, 0.1) is 6.92 Å². The van der Waals surface area contributed by atoms with E-state index in [0.717, 1.165) is 11.5 Å². The summed E-state index contributed by atoms with van der Waals surface area (Å²) in [6.07, 6.45) is -3.16. The monoisotopic (exact) mass is 585 g/mol. The van der Waals surface area contributed by atoms with Crippen molar-refractivity contribution in [2.24, 2.45) is 0 Å². The van der Waals surface area contributed by atoms with E-state index in [1.807, 2.05) is 0 Å². The number of aromatic nitrogens is 2. The van der Waals surface area contributed by atoms with Crippen LogP contribution in [0.4, 0.5) is 10.2 Å². The van der Waals surface area contributed by atoms with Gasteiger partial charge in [0.2, 0.25) is 0 Å². The van der Waals surface area contributed by atoms with Crippen LogP contribution in [0.3, 0.4) is 0 Å². The first-order valence-corrected chi connectivity index (χ1v) is 13.4. The Balaban J connectivity index is 1.42. The number of amides is 1. The van der Waals surface area contributed by atoms with Crippen molar-refractivity contribution in [3.05, 3.63) is 130 Å². The summed E-state index contributed by atoms with van der Waals surface area (Å²) in [5, 5.41) is 2.59. The van der Waals surface area contributed by atoms with Gasteiger partial charge in [-0.1, -0.05) is 54.6 Å². The summed E-state index contributed by atoms with van der Waals surface area (Å²) in [5.74, 6) is -1.99. The maximum absolute atomic E-state index is 16.6. The second kappa shape index (κ2) is 12.4. The molecule has 0 bridgehead atoms. The van der Waals surface area contributed by atoms with Gasteiger partial charge >= 0.3 is 17.6 Å². The smallest absolute Gasteiger partial charge is 0.351 e. The summed E-state index contributed by atoms with van der Waals surface area (Å²) in [6.45, 7) is 2.25. The molecule has 0 aliphatic carbocycles. The van der Waals surface area contributed by atoms with E-state index in [-0.39, 0.29) is 16.9 Å². The van der Waals surface area contributed by atoms with Gasteiger partial charge in [-0.05, 0) is 50.2 Å². The first-order valence-electron chi connectivity index (χ1n) is 13.4. The highest BCUT2D eigenvalue weighted by Gasteiger charge is 2.58. The summed E-state index contributed by atoms with van der Waals surface area (Å²) in [6, 6.07) is 24.5. The van der Waals surface area contributed by atoms with Crippen LogP contribution in [0.5, 0.6) is 0 Å². The number of rotatable bonds is 8. The van der Waals surface area contributed by atoms with Gasteiger partial charge < -0.3 is 19.5 Å². The molecule has 11 heteroatoms. The van der Waals surface area contributed by atoms with Gasteiger partial charge in [0.25, 0.3) is 5.91 Å². The maximum Gasteiger partial charge on any atom is 0.351 e. The standard InChI is InChI=1S/C32H28FN3O7/c1-20-18-36(31(40)35-26(20)34-27(37)21-12-6-3-7-13-21)30-32(2,33)25(43-29(39)23-16-10-5-11-17-23)24(42-30)19-41-28(38)22-14-8-4-9-15-22/h3-18,24-25,30H,19H2,1-2H3,(H,34,35,37,40)/t24-,25-,30-,32-/m1/s1. The Bertz CT molecular complexity index is 1680. The molecule has 1 aromatic heterocycles. The molecule has 4 aromatic rings. The quantitative estimate of drug-likeness (QED) is 0.300. The summed E-state index contributed by atoms with van der Waals surface area (Å²) >= 11 is 0. The minimum atomic E-state index is -2.47. The van der Waals surface area contributed by atoms with Crippen molar-refractivity contribution >= 4 is 23.7 Å². The molecule has 1 aliphatic heterocycles. The lowest BCUT2D eigenvalue weighted by Gasteiger charge is -2.28. The third kappa shape index (κ3) is 6.36. The van der Waals surface area contributed by atoms with Crippen LogP contribution < -0.4 is 11.0 Å². The highest BCUT2D eigenvalue weighted by molar-refractivity contribution is 6.04. The highest BCUT2D eigenvalue weighted by Crippen LogP contribution is 2.43. The molecule has 3 aromatic carbocycles. The van der Waals surface area contributed by atoms with Crippen LogP contribution in [0.15, 0.2) is 102 Å². The number of nitrogens with zero attached hydrogens (tertiary/aromatic N) is 2. The molecule has 220 valence electrons. The predicted octanol–water partition coefficient (Wildman–Crippen LogP) is 4.51. The molecule has 0 radical (unpaired) electrons. The molecule has 1 saturated heterocycles. The molecule has 43 heavy (non-hydrogen) atoms. The average molecular weight is 586 g/mol. The Hall–Kier alpha value is -5.16. The Morgan fingerprint density at radius 3 is 2.02 bits per heavy atom. The number of carbonyl (C=O) groups excluding carboxylic acids is 3. The number of hydrogen-bond acceptors (Lipinski definition) is 8. The molecule has 1 fully saturated rings. The van der Waals surface area contributed by atoms with Crippen LogP contribution in [0.25, 0.3) is 0 Å². The van der Waals surface area contributed by atoms with Gasteiger partial charge in [-0.2, -0.15) is 4.98 Å². The number of anilines is 1. The van der Waals surface area contributed by atoms with Crippen molar-refractivity contribution < 1.29 is 33.0 Å². The van der Waals surface area contributed by atoms with Crippen LogP contribution in [0.1, 0.15) is 49.8 Å². The second-order valence-electron chi connectivity index (χ2n) is 10.1. The van der Waals surface area contributed by atoms with Crippen LogP contribution in [-0.4, -0.2) is 51.9 Å². The average Bonchev–Trinajstić information content (AvgIpc) is 3.27. The fourth-order valence-electron chi connectivity index (χ4n) is 4.73. The highest BCUT2D eigenvalue weighted by atomic mass is 19.1. The Morgan fingerprint density at radius 1 is 0.907 bits per heavy atom. The number of hydrogen-bond donors (Lipinski definition) is 1. The summed E-state index contributed by atoms with van der Waals surface area (Å²) in [7, 11) is 0. The molecule has 4 atom stereocenters. The molecule has 1 amide bonds. The number of aryl methyl sites for hydroxylation is 1. The fourth-order valence-corrected chi connectivity index (χ4v) is 4.73. The zero-order valence-corrected chi connectivity index (χ0v) is 23.3. The van der Waals surface area contributed by atoms with Crippen molar-refractivity contribution in [2.45, 2.75) is 38.0 Å². The molecule has 10 nitrogen and oxygen atoms in total. The van der Waals surface area contributed by atoms with Crippen LogP contribution in [0.2, 0.25) is 0 Å². The minimum Gasteiger partial charge on any atom is -0.459 e. The second-order valence-corrected chi connectivity index (χ2v) is 10.1. The van der Waals surface area contributed by atoms with Gasteiger partial charge in [0.05, 0.1) is 11.1 Å². The lowest BCUT2D eigenvalue weighted by atomic mass is 9.98. The Kier molecular flexibility index (Phi) is 8.44. The predicted molar refractivity (Wildman–Crippen MR) is 153 cm³/mol. The lowest BCUT2D eigenvalue weighted by molar-refractivity contribution is -0.0648. The maximum atomic E-state index is 16.6. The van der Waals surface area contributed by atoms with Crippen LogP contribution in [-0.2, 0) is 14.2 Å². The third-order valence-electron chi connectivity index (χ3n) is 6.97. The molecular formula is C32H28FN3O7. The number of halogens is 1. The number of carbonyl (C=O) groups is 3. The largest absolute Gasteiger partial charge is 0.459 e. The van der Waals surface area contributed by atoms with E-state index in [2.05, 4.69) is 10.3 Å². The third-order valence-corrected chi connectivity index (χ3v) is 6.97. The van der Waals surface area contributed by atoms with Crippen molar-refractivity contribution in [3.8, 4) is 0 Å². The van der Waals surface area contributed by atoms with Gasteiger partial charge in [0.15, 0.2) is 18.0 Å². The molecule has 0 spiro atoms. The van der Waals surface area contributed by atoms with Crippen molar-refractivity contribution in [2.75, 3.05) is 11.9 Å². The van der Waals surface area contributed by atoms with E-state index < -0.39 is 54.2 Å². The number of ether oxygens (including phenoxy) is 3. The van der Waals surface area contributed by atoms with Crippen LogP contribution >= 0.6 is 0 Å². The lowest BCUT2D eigenvalue weighted by Crippen LogP contribution is -2.46. The van der Waals surface area contributed by atoms with Gasteiger partial charge in [-0.3, -0.25) is 9.36 Å². The van der Waals surface area contributed by atoms with E-state index in [9.17, 15) is 19.2 Å². The van der Waals surface area contributed by atoms with Gasteiger partial charge in [-0.25, -0.2) is 18.8 Å². The number of nitrogens with one attached hydrogen (secondary N) is 1. The molecular weight excluding hydrogens is 557 g/mol. The van der Waals surface area contributed by atoms with Crippen molar-refractivity contribution in [3.63, 3.8) is 0 Å². The summed E-state index contributed by atoms with van der Waals surface area (Å²) in [5.41, 5.74) is -2.24. The number of esters is 2. The fraction of sp³-hybridized carbons (Fsp3) is 0.219. The van der Waals surface area contributed by atoms with E-state index in [1.165, 1.54) is 18.3 Å². The zero-order valence-electron chi connectivity index (χ0n) is 23.3. The number of alkyl halides is 1. The minimum absolute atomic E-state index is 0.00550. The topological polar surface area (TPSA) is 126 Å². The van der Waals surface area contributed by atoms with Gasteiger partial charge in [0, 0.05) is 17.3 Å². The van der Waals surface area contributed by atoms with Crippen molar-refractivity contribution in [1.82, 2.24) is 9.55 Å². The SMILES string of the molecule is Cc1cn([C@@H]2O[C@H](COC(=O)c3ccccc3)[C@@H](OC(=O)c3ccccc3)[C@@]2(C)F)c(=O)nc1NC(=O)c1ccccc1. The molecule has 5 rings (SSSR count). The summed E-state index contributed by atoms with van der Waals surface area (Å²) in [4.78, 5) is 55.3.